The van der Waals surface area contributed by atoms with Crippen LogP contribution in [-0.2, 0) is 0 Å². The smallest absolute Gasteiger partial charge is 0.123 e. The van der Waals surface area contributed by atoms with Gasteiger partial charge in [-0.25, -0.2) is 0 Å². The summed E-state index contributed by atoms with van der Waals surface area (Å²) in [5.41, 5.74) is 8.11. The predicted octanol–water partition coefficient (Wildman–Crippen LogP) is 3.36. The number of allylic oxidation sites excluding steroid dienone is 1. The van der Waals surface area contributed by atoms with Gasteiger partial charge in [-0.15, -0.1) is 0 Å². The number of aliphatic hydroxyl groups excluding tert-OH is 1. The molecule has 0 saturated heterocycles. The van der Waals surface area contributed by atoms with Crippen molar-refractivity contribution >= 4 is 11.4 Å². The molecule has 0 aliphatic heterocycles. The molecule has 76 valence electrons. The number of rotatable bonds is 3. The maximum atomic E-state index is 9.90. The summed E-state index contributed by atoms with van der Waals surface area (Å²) in [6.45, 7) is 4.02. The van der Waals surface area contributed by atoms with Crippen LogP contribution in [0.15, 0.2) is 29.8 Å². The number of nitrogen functional groups attached to an aromatic ring is 1. The minimum absolute atomic E-state index is 0.324. The first kappa shape index (κ1) is 10.6. The Morgan fingerprint density at radius 2 is 2.00 bits per heavy atom. The van der Waals surface area contributed by atoms with Crippen molar-refractivity contribution in [3.05, 3.63) is 35.4 Å². The summed E-state index contributed by atoms with van der Waals surface area (Å²) >= 11 is 0. The van der Waals surface area contributed by atoms with Crippen LogP contribution in [0.5, 0.6) is 0 Å². The van der Waals surface area contributed by atoms with Crippen molar-refractivity contribution in [3.63, 3.8) is 0 Å². The first-order valence-corrected chi connectivity index (χ1v) is 4.90. The molecule has 0 saturated carbocycles. The molecule has 0 aromatic heterocycles. The van der Waals surface area contributed by atoms with Crippen molar-refractivity contribution < 1.29 is 5.11 Å². The highest BCUT2D eigenvalue weighted by atomic mass is 16.3. The maximum absolute atomic E-state index is 9.90. The molecule has 2 heteroatoms. The van der Waals surface area contributed by atoms with Crippen LogP contribution in [0, 0.1) is 0 Å². The highest BCUT2D eigenvalue weighted by molar-refractivity contribution is 5.71. The van der Waals surface area contributed by atoms with Crippen LogP contribution in [0.4, 0.5) is 5.69 Å². The van der Waals surface area contributed by atoms with Gasteiger partial charge in [-0.05, 0) is 31.1 Å². The molecule has 0 unspecified atom stereocenters. The van der Waals surface area contributed by atoms with E-state index >= 15 is 0 Å². The molecule has 0 bridgehead atoms. The van der Waals surface area contributed by atoms with Crippen molar-refractivity contribution in [2.75, 3.05) is 5.73 Å². The van der Waals surface area contributed by atoms with Gasteiger partial charge in [0.2, 0.25) is 0 Å². The summed E-state index contributed by atoms with van der Waals surface area (Å²) in [5, 5.41) is 9.90. The molecule has 0 aliphatic rings. The zero-order valence-corrected chi connectivity index (χ0v) is 8.75. The number of benzene rings is 1. The summed E-state index contributed by atoms with van der Waals surface area (Å²) < 4.78 is 0. The molecule has 2 nitrogen and oxygen atoms in total. The van der Waals surface area contributed by atoms with E-state index in [4.69, 9.17) is 5.73 Å². The van der Waals surface area contributed by atoms with E-state index in [1.54, 1.807) is 6.07 Å². The minimum Gasteiger partial charge on any atom is -0.507 e. The van der Waals surface area contributed by atoms with Gasteiger partial charge < -0.3 is 10.8 Å². The molecule has 0 fully saturated rings. The third kappa shape index (κ3) is 2.28. The van der Waals surface area contributed by atoms with E-state index in [1.165, 1.54) is 0 Å². The predicted molar refractivity (Wildman–Crippen MR) is 61.0 cm³/mol. The van der Waals surface area contributed by atoms with Gasteiger partial charge >= 0.3 is 0 Å². The average molecular weight is 191 g/mol. The van der Waals surface area contributed by atoms with E-state index in [9.17, 15) is 5.11 Å². The van der Waals surface area contributed by atoms with E-state index in [-0.39, 0.29) is 0 Å². The van der Waals surface area contributed by atoms with Crippen molar-refractivity contribution in [2.45, 2.75) is 26.7 Å². The monoisotopic (exact) mass is 191 g/mol. The summed E-state index contributed by atoms with van der Waals surface area (Å²) in [7, 11) is 0. The van der Waals surface area contributed by atoms with Crippen LogP contribution in [0.2, 0.25) is 0 Å². The van der Waals surface area contributed by atoms with Crippen LogP contribution < -0.4 is 5.73 Å². The summed E-state index contributed by atoms with van der Waals surface area (Å²) in [5.74, 6) is 0.324. The standard InChI is InChI=1S/C12H17NO/c1-3-6-9(2)12(14)10-7-4-5-8-11(10)13/h4-5,7-8,14H,3,6,13H2,1-2H3. The van der Waals surface area contributed by atoms with Gasteiger partial charge in [0, 0.05) is 11.3 Å². The molecule has 0 amide bonds. The number of hydrogen-bond donors (Lipinski definition) is 2. The zero-order chi connectivity index (χ0) is 10.6. The Kier molecular flexibility index (Phi) is 3.57. The van der Waals surface area contributed by atoms with E-state index in [0.717, 1.165) is 24.0 Å². The van der Waals surface area contributed by atoms with E-state index in [1.807, 2.05) is 25.1 Å². The Morgan fingerprint density at radius 1 is 1.36 bits per heavy atom. The minimum atomic E-state index is 0.324. The SMILES string of the molecule is CCCC(C)=C(O)c1ccccc1N. The Hall–Kier alpha value is -1.44. The van der Waals surface area contributed by atoms with Gasteiger partial charge in [-0.1, -0.05) is 25.5 Å². The molecule has 3 N–H and O–H groups in total. The normalized spacial score (nSPS) is 12.4. The van der Waals surface area contributed by atoms with Crippen LogP contribution in [0.1, 0.15) is 32.3 Å². The highest BCUT2D eigenvalue weighted by Crippen LogP contribution is 2.23. The van der Waals surface area contributed by atoms with Crippen LogP contribution in [0.25, 0.3) is 5.76 Å². The Labute approximate surface area is 85.1 Å². The lowest BCUT2D eigenvalue weighted by Crippen LogP contribution is -1.95. The molecule has 1 rings (SSSR count). The first-order valence-electron chi connectivity index (χ1n) is 4.90. The van der Waals surface area contributed by atoms with Gasteiger partial charge in [-0.2, -0.15) is 0 Å². The number of hydrogen-bond acceptors (Lipinski definition) is 2. The quantitative estimate of drug-likeness (QED) is 0.568. The summed E-state index contributed by atoms with van der Waals surface area (Å²) in [6.07, 6.45) is 1.93. The number of aliphatic hydroxyl groups is 1. The number of para-hydroxylation sites is 1. The second-order valence-corrected chi connectivity index (χ2v) is 3.47. The lowest BCUT2D eigenvalue weighted by atomic mass is 10.0. The molecule has 0 spiro atoms. The molecule has 0 aliphatic carbocycles. The molecular weight excluding hydrogens is 174 g/mol. The number of anilines is 1. The van der Waals surface area contributed by atoms with Gasteiger partial charge in [0.15, 0.2) is 0 Å². The van der Waals surface area contributed by atoms with Crippen molar-refractivity contribution in [2.24, 2.45) is 0 Å². The molecule has 0 atom stereocenters. The molecule has 0 heterocycles. The fourth-order valence-electron chi connectivity index (χ4n) is 1.44. The Balaban J connectivity index is 3.05. The third-order valence-electron chi connectivity index (χ3n) is 2.25. The number of nitrogens with two attached hydrogens (primary N) is 1. The van der Waals surface area contributed by atoms with Crippen molar-refractivity contribution in [1.29, 1.82) is 0 Å². The highest BCUT2D eigenvalue weighted by Gasteiger charge is 2.05. The van der Waals surface area contributed by atoms with E-state index in [0.29, 0.717) is 11.4 Å². The van der Waals surface area contributed by atoms with Crippen LogP contribution in [-0.4, -0.2) is 5.11 Å². The fourth-order valence-corrected chi connectivity index (χ4v) is 1.44. The molecule has 0 radical (unpaired) electrons. The van der Waals surface area contributed by atoms with E-state index in [2.05, 4.69) is 6.92 Å². The largest absolute Gasteiger partial charge is 0.507 e. The Morgan fingerprint density at radius 3 is 2.57 bits per heavy atom. The summed E-state index contributed by atoms with van der Waals surface area (Å²) in [6, 6.07) is 7.37. The average Bonchev–Trinajstić information content (AvgIpc) is 2.18. The lowest BCUT2D eigenvalue weighted by Gasteiger charge is -2.07. The van der Waals surface area contributed by atoms with Gasteiger partial charge in [0.25, 0.3) is 0 Å². The molecule has 1 aromatic carbocycles. The molecule has 1 aromatic rings. The van der Waals surface area contributed by atoms with Gasteiger partial charge in [0.05, 0.1) is 0 Å². The van der Waals surface area contributed by atoms with Crippen LogP contribution in [0.3, 0.4) is 0 Å². The first-order chi connectivity index (χ1) is 6.66. The van der Waals surface area contributed by atoms with Gasteiger partial charge in [-0.3, -0.25) is 0 Å². The molecular formula is C12H17NO. The zero-order valence-electron chi connectivity index (χ0n) is 8.75. The fraction of sp³-hybridized carbons (Fsp3) is 0.333. The summed E-state index contributed by atoms with van der Waals surface area (Å²) in [4.78, 5) is 0. The second kappa shape index (κ2) is 4.70. The lowest BCUT2D eigenvalue weighted by molar-refractivity contribution is 0.504. The third-order valence-corrected chi connectivity index (χ3v) is 2.25. The maximum Gasteiger partial charge on any atom is 0.123 e. The van der Waals surface area contributed by atoms with Crippen LogP contribution >= 0.6 is 0 Å². The Bertz CT molecular complexity index is 342. The second-order valence-electron chi connectivity index (χ2n) is 3.47. The van der Waals surface area contributed by atoms with Crippen molar-refractivity contribution in [1.82, 2.24) is 0 Å². The van der Waals surface area contributed by atoms with Gasteiger partial charge in [0.1, 0.15) is 5.76 Å². The van der Waals surface area contributed by atoms with Crippen molar-refractivity contribution in [3.8, 4) is 0 Å². The molecule has 14 heavy (non-hydrogen) atoms. The van der Waals surface area contributed by atoms with E-state index < -0.39 is 0 Å². The topological polar surface area (TPSA) is 46.2 Å².